The van der Waals surface area contributed by atoms with Gasteiger partial charge in [0.2, 0.25) is 5.88 Å². The van der Waals surface area contributed by atoms with Crippen molar-refractivity contribution >= 4 is 34.0 Å². The lowest BCUT2D eigenvalue weighted by Gasteiger charge is -2.28. The van der Waals surface area contributed by atoms with E-state index in [0.29, 0.717) is 53.1 Å². The van der Waals surface area contributed by atoms with Crippen molar-refractivity contribution in [3.05, 3.63) is 97.8 Å². The van der Waals surface area contributed by atoms with Crippen LogP contribution in [0.3, 0.4) is 0 Å². The van der Waals surface area contributed by atoms with E-state index >= 15 is 0 Å². The van der Waals surface area contributed by atoms with Crippen molar-refractivity contribution in [2.45, 2.75) is 32.0 Å². The van der Waals surface area contributed by atoms with Crippen molar-refractivity contribution in [3.63, 3.8) is 0 Å². The van der Waals surface area contributed by atoms with E-state index in [0.717, 1.165) is 44.5 Å². The summed E-state index contributed by atoms with van der Waals surface area (Å²) in [4.78, 5) is 34.8. The molecule has 1 aliphatic rings. The Labute approximate surface area is 270 Å². The van der Waals surface area contributed by atoms with Gasteiger partial charge < -0.3 is 25.2 Å². The zero-order chi connectivity index (χ0) is 32.5. The number of aryl methyl sites for hydroxylation is 1. The topological polar surface area (TPSA) is 133 Å². The van der Waals surface area contributed by atoms with Gasteiger partial charge in [0, 0.05) is 61.9 Å². The Bertz CT molecular complexity index is 2060. The summed E-state index contributed by atoms with van der Waals surface area (Å²) < 4.78 is 13.5. The molecule has 0 aliphatic carbocycles. The summed E-state index contributed by atoms with van der Waals surface area (Å²) in [6, 6.07) is 17.1. The number of aliphatic hydroxyl groups excluding tert-OH is 1. The molecular weight excluding hydrogens is 608 g/mol. The van der Waals surface area contributed by atoms with E-state index in [2.05, 4.69) is 15.6 Å². The maximum atomic E-state index is 13.1. The van der Waals surface area contributed by atoms with Gasteiger partial charge in [-0.25, -0.2) is 14.8 Å². The highest BCUT2D eigenvalue weighted by atomic mass is 35.5. The van der Waals surface area contributed by atoms with Crippen LogP contribution in [0.4, 0.5) is 11.5 Å². The zero-order valence-corrected chi connectivity index (χ0v) is 26.8. The first kappa shape index (κ1) is 31.4. The van der Waals surface area contributed by atoms with Gasteiger partial charge in [0.15, 0.2) is 0 Å². The van der Waals surface area contributed by atoms with E-state index in [1.54, 1.807) is 26.4 Å². The van der Waals surface area contributed by atoms with Crippen molar-refractivity contribution in [2.75, 3.05) is 25.6 Å². The molecule has 1 aliphatic heterocycles. The molecule has 238 valence electrons. The van der Waals surface area contributed by atoms with Crippen LogP contribution in [0.5, 0.6) is 5.88 Å². The summed E-state index contributed by atoms with van der Waals surface area (Å²) in [5.74, 6) is 0.827. The van der Waals surface area contributed by atoms with E-state index in [-0.39, 0.29) is 6.04 Å². The van der Waals surface area contributed by atoms with E-state index in [9.17, 15) is 14.7 Å². The molecule has 4 heterocycles. The second-order valence-corrected chi connectivity index (χ2v) is 11.7. The molecule has 6 rings (SSSR count). The zero-order valence-electron chi connectivity index (χ0n) is 26.0. The summed E-state index contributed by atoms with van der Waals surface area (Å²) in [5, 5.41) is 17.8. The predicted octanol–water partition coefficient (Wildman–Crippen LogP) is 4.31. The highest BCUT2D eigenvalue weighted by molar-refractivity contribution is 6.36. The number of benzene rings is 2. The van der Waals surface area contributed by atoms with Gasteiger partial charge in [0.25, 0.3) is 5.56 Å². The van der Waals surface area contributed by atoms with Crippen LogP contribution in [0, 0.1) is 6.92 Å². The fourth-order valence-corrected chi connectivity index (χ4v) is 6.20. The fraction of sp³-hybridized carbons (Fsp3) is 0.294. The fourth-order valence-electron chi connectivity index (χ4n) is 5.88. The van der Waals surface area contributed by atoms with Crippen LogP contribution < -0.4 is 26.6 Å². The van der Waals surface area contributed by atoms with E-state index in [1.165, 1.54) is 11.6 Å². The average molecular weight is 643 g/mol. The van der Waals surface area contributed by atoms with E-state index in [1.807, 2.05) is 55.5 Å². The molecule has 3 aromatic heterocycles. The van der Waals surface area contributed by atoms with Gasteiger partial charge in [-0.2, -0.15) is 0 Å². The second kappa shape index (κ2) is 13.1. The van der Waals surface area contributed by atoms with Crippen molar-refractivity contribution < 1.29 is 14.6 Å². The van der Waals surface area contributed by atoms with E-state index < -0.39 is 17.4 Å². The number of nitrogens with zero attached hydrogens (tertiary/aromatic N) is 4. The highest BCUT2D eigenvalue weighted by Gasteiger charge is 2.24. The second-order valence-electron chi connectivity index (χ2n) is 11.3. The van der Waals surface area contributed by atoms with Crippen LogP contribution in [0.2, 0.25) is 5.02 Å². The number of methoxy groups -OCH3 is 1. The van der Waals surface area contributed by atoms with Crippen LogP contribution in [0.25, 0.3) is 33.3 Å². The first-order valence-corrected chi connectivity index (χ1v) is 15.3. The van der Waals surface area contributed by atoms with Gasteiger partial charge >= 0.3 is 5.69 Å². The first-order valence-electron chi connectivity index (χ1n) is 14.9. The smallest absolute Gasteiger partial charge is 0.330 e. The summed E-state index contributed by atoms with van der Waals surface area (Å²) in [6.07, 6.45) is 1.74. The molecule has 1 fully saturated rings. The van der Waals surface area contributed by atoms with Gasteiger partial charge in [-0.15, -0.1) is 0 Å². The number of hydrogen-bond acceptors (Lipinski definition) is 9. The number of pyridine rings is 2. The largest absolute Gasteiger partial charge is 0.481 e. The number of aliphatic hydroxyl groups is 1. The van der Waals surface area contributed by atoms with Gasteiger partial charge in [-0.05, 0) is 42.7 Å². The Morgan fingerprint density at radius 1 is 1.04 bits per heavy atom. The Morgan fingerprint density at radius 2 is 1.80 bits per heavy atom. The van der Waals surface area contributed by atoms with Gasteiger partial charge in [0.1, 0.15) is 11.2 Å². The molecule has 2 atom stereocenters. The van der Waals surface area contributed by atoms with Crippen LogP contribution >= 0.6 is 11.6 Å². The Kier molecular flexibility index (Phi) is 8.92. The molecule has 12 heteroatoms. The molecule has 0 saturated carbocycles. The molecule has 0 radical (unpaired) electrons. The lowest BCUT2D eigenvalue weighted by Crippen LogP contribution is -2.46. The number of anilines is 2. The minimum Gasteiger partial charge on any atom is -0.481 e. The van der Waals surface area contributed by atoms with Crippen molar-refractivity contribution in [3.8, 4) is 28.3 Å². The third-order valence-electron chi connectivity index (χ3n) is 8.55. The number of ether oxygens (including phenoxy) is 2. The molecule has 11 nitrogen and oxygen atoms in total. The van der Waals surface area contributed by atoms with Crippen LogP contribution in [-0.2, 0) is 25.4 Å². The molecule has 0 unspecified atom stereocenters. The summed E-state index contributed by atoms with van der Waals surface area (Å²) in [5.41, 5.74) is 5.25. The number of halogens is 1. The van der Waals surface area contributed by atoms with Crippen LogP contribution in [-0.4, -0.2) is 56.7 Å². The van der Waals surface area contributed by atoms with Gasteiger partial charge in [0.05, 0.1) is 36.1 Å². The molecule has 46 heavy (non-hydrogen) atoms. The minimum absolute atomic E-state index is 0.0618. The Morgan fingerprint density at radius 3 is 2.59 bits per heavy atom. The van der Waals surface area contributed by atoms with Crippen LogP contribution in [0.15, 0.2) is 70.4 Å². The third-order valence-corrected chi connectivity index (χ3v) is 8.96. The maximum Gasteiger partial charge on any atom is 0.330 e. The molecular formula is C34H35ClN6O5. The monoisotopic (exact) mass is 642 g/mol. The molecule has 0 amide bonds. The maximum absolute atomic E-state index is 13.1. The molecule has 3 N–H and O–H groups in total. The lowest BCUT2D eigenvalue weighted by atomic mass is 9.96. The predicted molar refractivity (Wildman–Crippen MR) is 179 cm³/mol. The van der Waals surface area contributed by atoms with Gasteiger partial charge in [-0.1, -0.05) is 48.0 Å². The van der Waals surface area contributed by atoms with E-state index in [4.69, 9.17) is 26.1 Å². The Balaban J connectivity index is 1.32. The molecule has 1 saturated heterocycles. The standard InChI is InChI=1S/C34H35ClN6O5/c1-19-21(7-6-10-24(19)38-31-29-27(13-15-36-31)40(2)34(44)41(3)33(29)43)22-8-5-9-23(30(22)35)25-12-11-20(32(39-25)45-4)17-37-26-14-16-46-18-28(26)42/h5-13,15,26,28,37,42H,14,16-18H2,1-4H3,(H,36,38)/t26-,28+/m1/s1. The molecule has 5 aromatic rings. The summed E-state index contributed by atoms with van der Waals surface area (Å²) in [7, 11) is 4.66. The number of hydrogen-bond donors (Lipinski definition) is 3. The number of fused-ring (bicyclic) bond motifs is 1. The van der Waals surface area contributed by atoms with Crippen molar-refractivity contribution in [1.29, 1.82) is 0 Å². The summed E-state index contributed by atoms with van der Waals surface area (Å²) in [6.45, 7) is 3.39. The minimum atomic E-state index is -0.559. The average Bonchev–Trinajstić information content (AvgIpc) is 3.07. The number of rotatable bonds is 8. The molecule has 2 aromatic carbocycles. The first-order chi connectivity index (χ1) is 22.2. The van der Waals surface area contributed by atoms with Crippen LogP contribution in [0.1, 0.15) is 17.5 Å². The SMILES string of the molecule is COc1nc(-c2cccc(-c3cccc(Nc4nccc5c4c(=O)n(C)c(=O)n5C)c3C)c2Cl)ccc1CN[C@@H]1CCOC[C@@H]1O. The number of aromatic nitrogens is 4. The Hall–Kier alpha value is -4.55. The number of nitrogens with one attached hydrogen (secondary N) is 2. The normalized spacial score (nSPS) is 16.5. The molecule has 0 spiro atoms. The quantitative estimate of drug-likeness (QED) is 0.226. The van der Waals surface area contributed by atoms with Gasteiger partial charge in [-0.3, -0.25) is 13.9 Å². The summed E-state index contributed by atoms with van der Waals surface area (Å²) >= 11 is 7.08. The lowest BCUT2D eigenvalue weighted by molar-refractivity contribution is -0.0281. The highest BCUT2D eigenvalue weighted by Crippen LogP contribution is 2.39. The van der Waals surface area contributed by atoms with Crippen molar-refractivity contribution in [2.24, 2.45) is 14.1 Å². The molecule has 0 bridgehead atoms. The third kappa shape index (κ3) is 5.78. The van der Waals surface area contributed by atoms with Crippen molar-refractivity contribution in [1.82, 2.24) is 24.4 Å².